The number of fused-ring (bicyclic) bond motifs is 1. The number of para-hydroxylation sites is 1. The van der Waals surface area contributed by atoms with E-state index < -0.39 is 5.91 Å². The first-order valence-corrected chi connectivity index (χ1v) is 8.28. The van der Waals surface area contributed by atoms with E-state index in [9.17, 15) is 10.1 Å². The highest BCUT2D eigenvalue weighted by molar-refractivity contribution is 6.07. The van der Waals surface area contributed by atoms with Crippen LogP contribution in [-0.4, -0.2) is 19.1 Å². The van der Waals surface area contributed by atoms with Gasteiger partial charge in [0.25, 0.3) is 5.91 Å². The van der Waals surface area contributed by atoms with Gasteiger partial charge in [0.05, 0.1) is 6.61 Å². The number of hydrogen-bond donors (Lipinski definition) is 1. The minimum Gasteiger partial charge on any atom is -0.494 e. The zero-order valence-corrected chi connectivity index (χ0v) is 14.4. The molecule has 0 aromatic heterocycles. The molecule has 1 heterocycles. The van der Waals surface area contributed by atoms with Gasteiger partial charge in [0.15, 0.2) is 0 Å². The molecule has 0 bridgehead atoms. The highest BCUT2D eigenvalue weighted by atomic mass is 16.5. The number of nitriles is 1. The van der Waals surface area contributed by atoms with Crippen molar-refractivity contribution in [1.82, 2.24) is 0 Å². The number of amides is 1. The zero-order valence-electron chi connectivity index (χ0n) is 14.4. The maximum atomic E-state index is 12.4. The Labute approximate surface area is 152 Å². The largest absolute Gasteiger partial charge is 0.494 e. The molecule has 2 aromatic carbocycles. The summed E-state index contributed by atoms with van der Waals surface area (Å²) < 4.78 is 11.0. The molecular formula is C21H18N2O3. The predicted molar refractivity (Wildman–Crippen MR) is 99.9 cm³/mol. The lowest BCUT2D eigenvalue weighted by atomic mass is 10.1. The monoisotopic (exact) mass is 346 g/mol. The first kappa shape index (κ1) is 17.3. The Balaban J connectivity index is 1.74. The van der Waals surface area contributed by atoms with Crippen molar-refractivity contribution < 1.29 is 14.3 Å². The van der Waals surface area contributed by atoms with E-state index in [1.54, 1.807) is 30.3 Å². The van der Waals surface area contributed by atoms with Crippen molar-refractivity contribution in [2.45, 2.75) is 6.92 Å². The lowest BCUT2D eigenvalue weighted by Gasteiger charge is -2.16. The summed E-state index contributed by atoms with van der Waals surface area (Å²) in [5.74, 6) is 1.06. The SMILES string of the molecule is CCOc1ccc(NC(=O)C(C#N)=CC2=Cc3ccccc3OC2)cc1. The summed E-state index contributed by atoms with van der Waals surface area (Å²) in [7, 11) is 0. The van der Waals surface area contributed by atoms with Crippen LogP contribution in [0.1, 0.15) is 12.5 Å². The van der Waals surface area contributed by atoms with E-state index in [-0.39, 0.29) is 5.57 Å². The van der Waals surface area contributed by atoms with Crippen LogP contribution in [0.25, 0.3) is 6.08 Å². The number of nitrogens with zero attached hydrogens (tertiary/aromatic N) is 1. The number of carbonyl (C=O) groups is 1. The third-order valence-corrected chi connectivity index (χ3v) is 3.77. The molecule has 0 fully saturated rings. The molecule has 5 nitrogen and oxygen atoms in total. The molecule has 130 valence electrons. The molecule has 5 heteroatoms. The van der Waals surface area contributed by atoms with Crippen LogP contribution >= 0.6 is 0 Å². The average Bonchev–Trinajstić information content (AvgIpc) is 2.67. The highest BCUT2D eigenvalue weighted by Gasteiger charge is 2.14. The minimum absolute atomic E-state index is 0.0214. The summed E-state index contributed by atoms with van der Waals surface area (Å²) >= 11 is 0. The minimum atomic E-state index is -0.462. The van der Waals surface area contributed by atoms with Crippen molar-refractivity contribution in [2.24, 2.45) is 0 Å². The summed E-state index contributed by atoms with van der Waals surface area (Å²) in [5, 5.41) is 12.1. The van der Waals surface area contributed by atoms with E-state index >= 15 is 0 Å². The topological polar surface area (TPSA) is 71.3 Å². The molecule has 0 aliphatic carbocycles. The third-order valence-electron chi connectivity index (χ3n) is 3.77. The summed E-state index contributed by atoms with van der Waals surface area (Å²) in [6.07, 6.45) is 3.47. The van der Waals surface area contributed by atoms with Gasteiger partial charge < -0.3 is 14.8 Å². The molecular weight excluding hydrogens is 328 g/mol. The predicted octanol–water partition coefficient (Wildman–Crippen LogP) is 3.95. The van der Waals surface area contributed by atoms with Crippen LogP contribution in [0.3, 0.4) is 0 Å². The standard InChI is InChI=1S/C21H18N2O3/c1-2-25-19-9-7-18(8-10-19)23-21(24)17(13-22)12-15-11-16-5-3-4-6-20(16)26-14-15/h3-12H,2,14H2,1H3,(H,23,24). The maximum Gasteiger partial charge on any atom is 0.266 e. The Morgan fingerprint density at radius 3 is 2.77 bits per heavy atom. The van der Waals surface area contributed by atoms with Crippen molar-refractivity contribution in [3.05, 3.63) is 71.3 Å². The van der Waals surface area contributed by atoms with Gasteiger partial charge in [0, 0.05) is 11.3 Å². The second-order valence-electron chi connectivity index (χ2n) is 5.63. The van der Waals surface area contributed by atoms with Crippen molar-refractivity contribution >= 4 is 17.7 Å². The second-order valence-corrected chi connectivity index (χ2v) is 5.63. The van der Waals surface area contributed by atoms with E-state index in [0.717, 1.165) is 22.6 Å². The van der Waals surface area contributed by atoms with Gasteiger partial charge in [-0.25, -0.2) is 0 Å². The molecule has 0 spiro atoms. The van der Waals surface area contributed by atoms with Gasteiger partial charge in [-0.15, -0.1) is 0 Å². The van der Waals surface area contributed by atoms with Crippen molar-refractivity contribution in [3.8, 4) is 17.6 Å². The number of anilines is 1. The van der Waals surface area contributed by atoms with Gasteiger partial charge >= 0.3 is 0 Å². The third kappa shape index (κ3) is 4.11. The van der Waals surface area contributed by atoms with Crippen LogP contribution in [0.2, 0.25) is 0 Å². The van der Waals surface area contributed by atoms with Crippen LogP contribution in [0.5, 0.6) is 11.5 Å². The lowest BCUT2D eigenvalue weighted by Crippen LogP contribution is -2.15. The number of ether oxygens (including phenoxy) is 2. The number of rotatable bonds is 5. The summed E-state index contributed by atoms with van der Waals surface area (Å²) in [6.45, 7) is 2.80. The van der Waals surface area contributed by atoms with Crippen molar-refractivity contribution in [3.63, 3.8) is 0 Å². The van der Waals surface area contributed by atoms with Gasteiger partial charge in [-0.1, -0.05) is 18.2 Å². The molecule has 1 amide bonds. The molecule has 0 saturated heterocycles. The second kappa shape index (κ2) is 8.04. The van der Waals surface area contributed by atoms with Crippen molar-refractivity contribution in [2.75, 3.05) is 18.5 Å². The molecule has 1 N–H and O–H groups in total. The molecule has 1 aliphatic heterocycles. The number of nitrogens with one attached hydrogen (secondary N) is 1. The first-order chi connectivity index (χ1) is 12.7. The molecule has 1 aliphatic rings. The van der Waals surface area contributed by atoms with E-state index in [0.29, 0.717) is 18.9 Å². The number of hydrogen-bond acceptors (Lipinski definition) is 4. The van der Waals surface area contributed by atoms with Gasteiger partial charge in [-0.05, 0) is 55.0 Å². The van der Waals surface area contributed by atoms with Gasteiger partial charge in [-0.3, -0.25) is 4.79 Å². The molecule has 0 atom stereocenters. The van der Waals surface area contributed by atoms with Crippen LogP contribution in [-0.2, 0) is 4.79 Å². The van der Waals surface area contributed by atoms with Crippen LogP contribution in [0.15, 0.2) is 65.8 Å². The van der Waals surface area contributed by atoms with Crippen molar-refractivity contribution in [1.29, 1.82) is 5.26 Å². The summed E-state index contributed by atoms with van der Waals surface area (Å²) in [5.41, 5.74) is 2.31. The molecule has 0 radical (unpaired) electrons. The van der Waals surface area contributed by atoms with E-state index in [1.807, 2.05) is 43.3 Å². The van der Waals surface area contributed by atoms with Gasteiger partial charge in [0.2, 0.25) is 0 Å². The smallest absolute Gasteiger partial charge is 0.266 e. The Morgan fingerprint density at radius 2 is 2.04 bits per heavy atom. The lowest BCUT2D eigenvalue weighted by molar-refractivity contribution is -0.112. The fraction of sp³-hybridized carbons (Fsp3) is 0.143. The van der Waals surface area contributed by atoms with Crippen LogP contribution in [0.4, 0.5) is 5.69 Å². The molecule has 3 rings (SSSR count). The first-order valence-electron chi connectivity index (χ1n) is 8.28. The fourth-order valence-corrected chi connectivity index (χ4v) is 2.55. The molecule has 2 aromatic rings. The normalized spacial score (nSPS) is 12.9. The molecule has 0 saturated carbocycles. The Morgan fingerprint density at radius 1 is 1.27 bits per heavy atom. The molecule has 26 heavy (non-hydrogen) atoms. The van der Waals surface area contributed by atoms with Gasteiger partial charge in [0.1, 0.15) is 29.7 Å². The summed E-state index contributed by atoms with van der Waals surface area (Å²) in [4.78, 5) is 12.4. The van der Waals surface area contributed by atoms with E-state index in [4.69, 9.17) is 9.47 Å². The van der Waals surface area contributed by atoms with Crippen LogP contribution < -0.4 is 14.8 Å². The Hall–Kier alpha value is -3.52. The zero-order chi connectivity index (χ0) is 18.4. The number of benzene rings is 2. The summed E-state index contributed by atoms with van der Waals surface area (Å²) in [6, 6.07) is 16.6. The number of carbonyl (C=O) groups excluding carboxylic acids is 1. The maximum absolute atomic E-state index is 12.4. The van der Waals surface area contributed by atoms with E-state index in [1.165, 1.54) is 0 Å². The van der Waals surface area contributed by atoms with Gasteiger partial charge in [-0.2, -0.15) is 5.26 Å². The fourth-order valence-electron chi connectivity index (χ4n) is 2.55. The Kier molecular flexibility index (Phi) is 5.35. The molecule has 0 unspecified atom stereocenters. The quantitative estimate of drug-likeness (QED) is 0.657. The highest BCUT2D eigenvalue weighted by Crippen LogP contribution is 2.26. The van der Waals surface area contributed by atoms with E-state index in [2.05, 4.69) is 5.32 Å². The Bertz CT molecular complexity index is 906. The van der Waals surface area contributed by atoms with Crippen LogP contribution in [0, 0.1) is 11.3 Å². The average molecular weight is 346 g/mol.